The number of imidazole rings is 1. The Morgan fingerprint density at radius 1 is 1.60 bits per heavy atom. The molecule has 1 atom stereocenters. The zero-order valence-electron chi connectivity index (χ0n) is 8.47. The summed E-state index contributed by atoms with van der Waals surface area (Å²) in [6.45, 7) is 1.97. The van der Waals surface area contributed by atoms with Crippen molar-refractivity contribution in [1.82, 2.24) is 20.1 Å². The molecule has 0 spiro atoms. The Morgan fingerprint density at radius 3 is 3.07 bits per heavy atom. The summed E-state index contributed by atoms with van der Waals surface area (Å²) >= 11 is 0. The van der Waals surface area contributed by atoms with Crippen LogP contribution < -0.4 is 5.73 Å². The minimum Gasteiger partial charge on any atom is -0.348 e. The largest absolute Gasteiger partial charge is 0.348 e. The van der Waals surface area contributed by atoms with E-state index >= 15 is 0 Å². The Hall–Kier alpha value is -1.69. The SMILES string of the molecule is CCc1noc([C@H](N)Cc2cnc[nH]2)n1. The number of hydrogen-bond donors (Lipinski definition) is 2. The van der Waals surface area contributed by atoms with Crippen molar-refractivity contribution in [2.45, 2.75) is 25.8 Å². The molecule has 0 aliphatic carbocycles. The predicted molar refractivity (Wildman–Crippen MR) is 52.9 cm³/mol. The van der Waals surface area contributed by atoms with Gasteiger partial charge in [0, 0.05) is 24.7 Å². The molecule has 2 heterocycles. The monoisotopic (exact) mass is 207 g/mol. The molecule has 15 heavy (non-hydrogen) atoms. The summed E-state index contributed by atoms with van der Waals surface area (Å²) < 4.78 is 5.05. The highest BCUT2D eigenvalue weighted by atomic mass is 16.5. The van der Waals surface area contributed by atoms with Crippen LogP contribution in [0.5, 0.6) is 0 Å². The van der Waals surface area contributed by atoms with Gasteiger partial charge in [0.1, 0.15) is 0 Å². The normalized spacial score (nSPS) is 12.9. The Labute approximate surface area is 86.9 Å². The maximum atomic E-state index is 5.91. The molecule has 6 heteroatoms. The molecule has 0 amide bonds. The van der Waals surface area contributed by atoms with E-state index in [0.717, 1.165) is 12.1 Å². The summed E-state index contributed by atoms with van der Waals surface area (Å²) in [6.07, 6.45) is 4.72. The van der Waals surface area contributed by atoms with Crippen molar-refractivity contribution in [2.24, 2.45) is 5.73 Å². The molecule has 0 unspecified atom stereocenters. The maximum Gasteiger partial charge on any atom is 0.243 e. The van der Waals surface area contributed by atoms with E-state index in [2.05, 4.69) is 20.1 Å². The fourth-order valence-corrected chi connectivity index (χ4v) is 1.28. The molecule has 2 aromatic heterocycles. The summed E-state index contributed by atoms with van der Waals surface area (Å²) in [7, 11) is 0. The van der Waals surface area contributed by atoms with Crippen LogP contribution in [-0.2, 0) is 12.8 Å². The molecular weight excluding hydrogens is 194 g/mol. The first kappa shape index (κ1) is 9.85. The Balaban J connectivity index is 2.04. The molecular formula is C9H13N5O. The predicted octanol–water partition coefficient (Wildman–Crippen LogP) is 0.598. The lowest BCUT2D eigenvalue weighted by Gasteiger charge is -2.03. The summed E-state index contributed by atoms with van der Waals surface area (Å²) in [5, 5.41) is 3.79. The first-order valence-electron chi connectivity index (χ1n) is 4.85. The molecule has 0 aliphatic heterocycles. The van der Waals surface area contributed by atoms with Gasteiger partial charge in [-0.25, -0.2) is 4.98 Å². The van der Waals surface area contributed by atoms with Crippen LogP contribution in [0.15, 0.2) is 17.0 Å². The number of H-pyrrole nitrogens is 1. The molecule has 2 aromatic rings. The number of nitrogens with two attached hydrogens (primary N) is 1. The van der Waals surface area contributed by atoms with Gasteiger partial charge in [0.15, 0.2) is 5.82 Å². The molecule has 0 aliphatic rings. The summed E-state index contributed by atoms with van der Waals surface area (Å²) in [6, 6.07) is -0.279. The van der Waals surface area contributed by atoms with Gasteiger partial charge >= 0.3 is 0 Å². The van der Waals surface area contributed by atoms with Gasteiger partial charge in [0.25, 0.3) is 0 Å². The van der Waals surface area contributed by atoms with Gasteiger partial charge < -0.3 is 15.2 Å². The zero-order chi connectivity index (χ0) is 10.7. The third kappa shape index (κ3) is 2.21. The van der Waals surface area contributed by atoms with Gasteiger partial charge in [0.05, 0.1) is 12.4 Å². The van der Waals surface area contributed by atoms with E-state index in [4.69, 9.17) is 10.3 Å². The fraction of sp³-hybridized carbons (Fsp3) is 0.444. The van der Waals surface area contributed by atoms with Crippen LogP contribution in [0.1, 0.15) is 30.4 Å². The number of hydrogen-bond acceptors (Lipinski definition) is 5. The van der Waals surface area contributed by atoms with Crippen LogP contribution in [0.4, 0.5) is 0 Å². The van der Waals surface area contributed by atoms with Crippen molar-refractivity contribution in [3.63, 3.8) is 0 Å². The van der Waals surface area contributed by atoms with Crippen molar-refractivity contribution in [3.05, 3.63) is 29.9 Å². The van der Waals surface area contributed by atoms with E-state index in [-0.39, 0.29) is 6.04 Å². The molecule has 80 valence electrons. The van der Waals surface area contributed by atoms with E-state index in [1.54, 1.807) is 12.5 Å². The number of rotatable bonds is 4. The average Bonchev–Trinajstić information content (AvgIpc) is 2.86. The molecule has 6 nitrogen and oxygen atoms in total. The zero-order valence-corrected chi connectivity index (χ0v) is 8.47. The van der Waals surface area contributed by atoms with Crippen LogP contribution in [-0.4, -0.2) is 20.1 Å². The minimum absolute atomic E-state index is 0.279. The highest BCUT2D eigenvalue weighted by Gasteiger charge is 2.15. The number of nitrogens with one attached hydrogen (secondary N) is 1. The smallest absolute Gasteiger partial charge is 0.243 e. The van der Waals surface area contributed by atoms with E-state index in [1.807, 2.05) is 6.92 Å². The highest BCUT2D eigenvalue weighted by Crippen LogP contribution is 2.12. The Bertz CT molecular complexity index is 408. The molecule has 0 saturated carbocycles. The third-order valence-corrected chi connectivity index (χ3v) is 2.11. The minimum atomic E-state index is -0.279. The summed E-state index contributed by atoms with van der Waals surface area (Å²) in [5.41, 5.74) is 6.87. The highest BCUT2D eigenvalue weighted by molar-refractivity contribution is 5.02. The average molecular weight is 207 g/mol. The lowest BCUT2D eigenvalue weighted by atomic mass is 10.2. The Morgan fingerprint density at radius 2 is 2.47 bits per heavy atom. The second-order valence-corrected chi connectivity index (χ2v) is 3.29. The molecule has 0 bridgehead atoms. The van der Waals surface area contributed by atoms with E-state index in [0.29, 0.717) is 18.1 Å². The lowest BCUT2D eigenvalue weighted by molar-refractivity contribution is 0.350. The third-order valence-electron chi connectivity index (χ3n) is 2.11. The van der Waals surface area contributed by atoms with Crippen molar-refractivity contribution < 1.29 is 4.52 Å². The van der Waals surface area contributed by atoms with Gasteiger partial charge in [-0.1, -0.05) is 12.1 Å². The fourth-order valence-electron chi connectivity index (χ4n) is 1.28. The number of aromatic amines is 1. The van der Waals surface area contributed by atoms with E-state index in [1.165, 1.54) is 0 Å². The summed E-state index contributed by atoms with van der Waals surface area (Å²) in [5.74, 6) is 1.16. The maximum absolute atomic E-state index is 5.91. The lowest BCUT2D eigenvalue weighted by Crippen LogP contribution is -2.14. The van der Waals surface area contributed by atoms with Crippen LogP contribution >= 0.6 is 0 Å². The van der Waals surface area contributed by atoms with Gasteiger partial charge in [-0.05, 0) is 0 Å². The first-order valence-corrected chi connectivity index (χ1v) is 4.85. The molecule has 0 saturated heterocycles. The number of aromatic nitrogens is 4. The molecule has 2 rings (SSSR count). The number of nitrogens with zero attached hydrogens (tertiary/aromatic N) is 3. The van der Waals surface area contributed by atoms with E-state index in [9.17, 15) is 0 Å². The van der Waals surface area contributed by atoms with Gasteiger partial charge in [0.2, 0.25) is 5.89 Å². The second-order valence-electron chi connectivity index (χ2n) is 3.29. The molecule has 0 radical (unpaired) electrons. The molecule has 0 aromatic carbocycles. The molecule has 3 N–H and O–H groups in total. The van der Waals surface area contributed by atoms with Crippen molar-refractivity contribution in [3.8, 4) is 0 Å². The topological polar surface area (TPSA) is 93.6 Å². The quantitative estimate of drug-likeness (QED) is 0.765. The second kappa shape index (κ2) is 4.22. The van der Waals surface area contributed by atoms with Crippen molar-refractivity contribution in [2.75, 3.05) is 0 Å². The van der Waals surface area contributed by atoms with Crippen LogP contribution in [0, 0.1) is 0 Å². The van der Waals surface area contributed by atoms with Crippen molar-refractivity contribution >= 4 is 0 Å². The Kier molecular flexibility index (Phi) is 2.77. The van der Waals surface area contributed by atoms with E-state index < -0.39 is 0 Å². The number of aryl methyl sites for hydroxylation is 1. The van der Waals surface area contributed by atoms with Crippen molar-refractivity contribution in [1.29, 1.82) is 0 Å². The van der Waals surface area contributed by atoms with Crippen LogP contribution in [0.25, 0.3) is 0 Å². The van der Waals surface area contributed by atoms with Crippen LogP contribution in [0.3, 0.4) is 0 Å². The van der Waals surface area contributed by atoms with Crippen LogP contribution in [0.2, 0.25) is 0 Å². The standard InChI is InChI=1S/C9H13N5O/c1-2-8-13-9(15-14-8)7(10)3-6-4-11-5-12-6/h4-5,7H,2-3,10H2,1H3,(H,11,12)/t7-/m1/s1. The van der Waals surface area contributed by atoms with Gasteiger partial charge in [-0.3, -0.25) is 0 Å². The summed E-state index contributed by atoms with van der Waals surface area (Å²) in [4.78, 5) is 11.1. The first-order chi connectivity index (χ1) is 7.29. The van der Waals surface area contributed by atoms with Gasteiger partial charge in [-0.15, -0.1) is 0 Å². The molecule has 0 fully saturated rings. The van der Waals surface area contributed by atoms with Gasteiger partial charge in [-0.2, -0.15) is 4.98 Å².